The van der Waals surface area contributed by atoms with E-state index in [1.807, 2.05) is 17.9 Å². The van der Waals surface area contributed by atoms with Crippen LogP contribution in [0.5, 0.6) is 0 Å². The minimum atomic E-state index is -3.92. The summed E-state index contributed by atoms with van der Waals surface area (Å²) in [6.07, 6.45) is 3.05. The predicted octanol–water partition coefficient (Wildman–Crippen LogP) is 4.98. The number of carbonyl (C=O) groups excluding carboxylic acids is 2. The fourth-order valence-electron chi connectivity index (χ4n) is 4.19. The SMILES string of the molecule is Cc1cccc(NS(=O)(=O)c2cc(C(=O)Nc3ccccc3C(=O)N3CCCCC3)ccc2C)c1. The molecule has 7 nitrogen and oxygen atoms in total. The second kappa shape index (κ2) is 10.3. The van der Waals surface area contributed by atoms with Gasteiger partial charge in [0.05, 0.1) is 16.1 Å². The van der Waals surface area contributed by atoms with Gasteiger partial charge in [0.2, 0.25) is 0 Å². The molecule has 35 heavy (non-hydrogen) atoms. The molecule has 3 aromatic rings. The zero-order chi connectivity index (χ0) is 25.0. The average Bonchev–Trinajstić information content (AvgIpc) is 2.84. The zero-order valence-electron chi connectivity index (χ0n) is 19.9. The van der Waals surface area contributed by atoms with Crippen LogP contribution >= 0.6 is 0 Å². The second-order valence-corrected chi connectivity index (χ2v) is 10.5. The van der Waals surface area contributed by atoms with E-state index in [0.29, 0.717) is 35.6 Å². The Morgan fingerprint density at radius 3 is 2.34 bits per heavy atom. The summed E-state index contributed by atoms with van der Waals surface area (Å²) in [6.45, 7) is 4.96. The van der Waals surface area contributed by atoms with Crippen LogP contribution in [0.2, 0.25) is 0 Å². The molecule has 1 fully saturated rings. The number of nitrogens with zero attached hydrogens (tertiary/aromatic N) is 1. The third-order valence-electron chi connectivity index (χ3n) is 6.06. The molecule has 3 aromatic carbocycles. The molecular formula is C27H29N3O4S. The number of para-hydroxylation sites is 1. The van der Waals surface area contributed by atoms with Gasteiger partial charge in [0, 0.05) is 24.3 Å². The molecule has 1 saturated heterocycles. The van der Waals surface area contributed by atoms with Crippen LogP contribution in [0.3, 0.4) is 0 Å². The smallest absolute Gasteiger partial charge is 0.262 e. The van der Waals surface area contributed by atoms with Crippen molar-refractivity contribution in [1.82, 2.24) is 4.90 Å². The topological polar surface area (TPSA) is 95.6 Å². The van der Waals surface area contributed by atoms with Crippen molar-refractivity contribution >= 4 is 33.2 Å². The highest BCUT2D eigenvalue weighted by Crippen LogP contribution is 2.24. The van der Waals surface area contributed by atoms with Crippen LogP contribution in [0.4, 0.5) is 11.4 Å². The lowest BCUT2D eigenvalue weighted by Gasteiger charge is -2.27. The van der Waals surface area contributed by atoms with Gasteiger partial charge in [-0.3, -0.25) is 14.3 Å². The van der Waals surface area contributed by atoms with Crippen LogP contribution in [-0.4, -0.2) is 38.2 Å². The number of hydrogen-bond donors (Lipinski definition) is 2. The Kier molecular flexibility index (Phi) is 7.21. The number of likely N-dealkylation sites (tertiary alicyclic amines) is 1. The third kappa shape index (κ3) is 5.71. The molecule has 1 heterocycles. The van der Waals surface area contributed by atoms with Gasteiger partial charge in [-0.05, 0) is 80.6 Å². The van der Waals surface area contributed by atoms with E-state index in [0.717, 1.165) is 24.8 Å². The van der Waals surface area contributed by atoms with E-state index >= 15 is 0 Å². The fourth-order valence-corrected chi connectivity index (χ4v) is 5.51. The van der Waals surface area contributed by atoms with Crippen LogP contribution in [-0.2, 0) is 10.0 Å². The van der Waals surface area contributed by atoms with Crippen LogP contribution in [0.25, 0.3) is 0 Å². The molecule has 0 atom stereocenters. The van der Waals surface area contributed by atoms with Crippen molar-refractivity contribution in [3.8, 4) is 0 Å². The first kappa shape index (κ1) is 24.5. The highest BCUT2D eigenvalue weighted by atomic mass is 32.2. The van der Waals surface area contributed by atoms with Crippen LogP contribution in [0.15, 0.2) is 71.6 Å². The van der Waals surface area contributed by atoms with Crippen LogP contribution in [0.1, 0.15) is 51.1 Å². The summed E-state index contributed by atoms with van der Waals surface area (Å²) >= 11 is 0. The number of sulfonamides is 1. The fraction of sp³-hybridized carbons (Fsp3) is 0.259. The van der Waals surface area contributed by atoms with Crippen LogP contribution in [0, 0.1) is 13.8 Å². The highest BCUT2D eigenvalue weighted by Gasteiger charge is 2.23. The monoisotopic (exact) mass is 491 g/mol. The van der Waals surface area contributed by atoms with Gasteiger partial charge in [-0.1, -0.05) is 30.3 Å². The van der Waals surface area contributed by atoms with E-state index in [1.165, 1.54) is 6.07 Å². The van der Waals surface area contributed by atoms with E-state index < -0.39 is 15.9 Å². The van der Waals surface area contributed by atoms with Gasteiger partial charge < -0.3 is 10.2 Å². The molecule has 0 saturated carbocycles. The Hall–Kier alpha value is -3.65. The Morgan fingerprint density at radius 2 is 1.60 bits per heavy atom. The first-order valence-corrected chi connectivity index (χ1v) is 13.1. The van der Waals surface area contributed by atoms with Gasteiger partial charge in [0.1, 0.15) is 0 Å². The molecule has 0 spiro atoms. The summed E-state index contributed by atoms with van der Waals surface area (Å²) in [6, 6.07) is 18.5. The van der Waals surface area contributed by atoms with Crippen molar-refractivity contribution < 1.29 is 18.0 Å². The Bertz CT molecular complexity index is 1360. The van der Waals surface area contributed by atoms with Gasteiger partial charge in [0.15, 0.2) is 0 Å². The first-order chi connectivity index (χ1) is 16.7. The third-order valence-corrected chi connectivity index (χ3v) is 7.58. The summed E-state index contributed by atoms with van der Waals surface area (Å²) < 4.78 is 28.8. The van der Waals surface area contributed by atoms with Gasteiger partial charge in [-0.25, -0.2) is 8.42 Å². The molecule has 8 heteroatoms. The van der Waals surface area contributed by atoms with E-state index in [4.69, 9.17) is 0 Å². The molecule has 2 amide bonds. The summed E-state index contributed by atoms with van der Waals surface area (Å²) in [4.78, 5) is 28.0. The molecule has 182 valence electrons. The summed E-state index contributed by atoms with van der Waals surface area (Å²) in [5.74, 6) is -0.606. The molecule has 0 unspecified atom stereocenters. The molecule has 4 rings (SSSR count). The maximum atomic E-state index is 13.1. The molecule has 0 aliphatic carbocycles. The second-order valence-electron chi connectivity index (χ2n) is 8.81. The summed E-state index contributed by atoms with van der Waals surface area (Å²) in [5, 5.41) is 2.80. The van der Waals surface area contributed by atoms with Crippen molar-refractivity contribution in [2.24, 2.45) is 0 Å². The normalized spacial score (nSPS) is 13.8. The van der Waals surface area contributed by atoms with Gasteiger partial charge in [-0.15, -0.1) is 0 Å². The number of anilines is 2. The molecule has 0 radical (unpaired) electrons. The van der Waals surface area contributed by atoms with E-state index in [2.05, 4.69) is 10.0 Å². The number of aryl methyl sites for hydroxylation is 2. The molecule has 1 aliphatic heterocycles. The molecule has 0 aromatic heterocycles. The molecule has 0 bridgehead atoms. The van der Waals surface area contributed by atoms with Gasteiger partial charge in [0.25, 0.3) is 21.8 Å². The van der Waals surface area contributed by atoms with Crippen molar-refractivity contribution in [3.63, 3.8) is 0 Å². The Labute approximate surface area is 206 Å². The van der Waals surface area contributed by atoms with Crippen LogP contribution < -0.4 is 10.0 Å². The Balaban J connectivity index is 1.58. The van der Waals surface area contributed by atoms with E-state index in [-0.39, 0.29) is 16.4 Å². The first-order valence-electron chi connectivity index (χ1n) is 11.6. The number of piperidine rings is 1. The van der Waals surface area contributed by atoms with Crippen molar-refractivity contribution in [2.45, 2.75) is 38.0 Å². The lowest BCUT2D eigenvalue weighted by Crippen LogP contribution is -2.36. The average molecular weight is 492 g/mol. The summed E-state index contributed by atoms with van der Waals surface area (Å²) in [5.41, 5.74) is 2.89. The van der Waals surface area contributed by atoms with Gasteiger partial charge >= 0.3 is 0 Å². The Morgan fingerprint density at radius 1 is 0.857 bits per heavy atom. The number of nitrogens with one attached hydrogen (secondary N) is 2. The standard InChI is InChI=1S/C27H29N3O4S/c1-19-9-8-10-22(17-19)29-35(33,34)25-18-21(14-13-20(25)2)26(31)28-24-12-5-4-11-23(24)27(32)30-15-6-3-7-16-30/h4-5,8-14,17-18,29H,3,6-7,15-16H2,1-2H3,(H,28,31). The highest BCUT2D eigenvalue weighted by molar-refractivity contribution is 7.92. The maximum absolute atomic E-state index is 13.1. The van der Waals surface area contributed by atoms with Gasteiger partial charge in [-0.2, -0.15) is 0 Å². The number of amides is 2. The number of hydrogen-bond acceptors (Lipinski definition) is 4. The molecule has 2 N–H and O–H groups in total. The van der Waals surface area contributed by atoms with Crippen molar-refractivity contribution in [1.29, 1.82) is 0 Å². The maximum Gasteiger partial charge on any atom is 0.262 e. The molecule has 1 aliphatic rings. The lowest BCUT2D eigenvalue weighted by atomic mass is 10.1. The van der Waals surface area contributed by atoms with E-state index in [9.17, 15) is 18.0 Å². The zero-order valence-corrected chi connectivity index (χ0v) is 20.7. The van der Waals surface area contributed by atoms with E-state index in [1.54, 1.807) is 61.5 Å². The minimum absolute atomic E-state index is 0.0179. The quantitative estimate of drug-likeness (QED) is 0.508. The van der Waals surface area contributed by atoms with Crippen molar-refractivity contribution in [3.05, 3.63) is 89.0 Å². The largest absolute Gasteiger partial charge is 0.339 e. The molecular weight excluding hydrogens is 462 g/mol. The lowest BCUT2D eigenvalue weighted by molar-refractivity contribution is 0.0725. The minimum Gasteiger partial charge on any atom is -0.339 e. The number of carbonyl (C=O) groups is 2. The summed E-state index contributed by atoms with van der Waals surface area (Å²) in [7, 11) is -3.92. The number of rotatable bonds is 6. The van der Waals surface area contributed by atoms with Crippen molar-refractivity contribution in [2.75, 3.05) is 23.1 Å². The number of benzene rings is 3. The predicted molar refractivity (Wildman–Crippen MR) is 137 cm³/mol.